The molecule has 0 aromatic rings. The van der Waals surface area contributed by atoms with Gasteiger partial charge in [0.25, 0.3) is 0 Å². The first-order valence-electron chi connectivity index (χ1n) is 6.21. The molecule has 0 aromatic heterocycles. The van der Waals surface area contributed by atoms with Gasteiger partial charge in [-0.05, 0) is 33.2 Å². The van der Waals surface area contributed by atoms with E-state index in [4.69, 9.17) is 4.74 Å². The average Bonchev–Trinajstić information content (AvgIpc) is 2.24. The van der Waals surface area contributed by atoms with Crippen molar-refractivity contribution >= 4 is 0 Å². The van der Waals surface area contributed by atoms with Crippen molar-refractivity contribution in [1.82, 2.24) is 5.32 Å². The summed E-state index contributed by atoms with van der Waals surface area (Å²) in [5, 5.41) is 3.17. The molecule has 1 rings (SSSR count). The molecule has 1 aliphatic rings. The highest BCUT2D eigenvalue weighted by molar-refractivity contribution is 5.06. The number of rotatable bonds is 5. The van der Waals surface area contributed by atoms with Gasteiger partial charge < -0.3 is 10.1 Å². The molecule has 0 radical (unpaired) electrons. The van der Waals surface area contributed by atoms with E-state index in [1.807, 2.05) is 20.9 Å². The van der Waals surface area contributed by atoms with E-state index in [2.05, 4.69) is 5.32 Å². The van der Waals surface area contributed by atoms with Gasteiger partial charge in [-0.25, -0.2) is 0 Å². The minimum atomic E-state index is -4.27. The van der Waals surface area contributed by atoms with Crippen LogP contribution in [0.5, 0.6) is 0 Å². The maximum atomic E-state index is 12.5. The van der Waals surface area contributed by atoms with E-state index in [1.54, 1.807) is 0 Å². The fourth-order valence-electron chi connectivity index (χ4n) is 2.87. The first-order chi connectivity index (χ1) is 7.81. The second kappa shape index (κ2) is 5.14. The molecule has 2 nitrogen and oxygen atoms in total. The Hall–Kier alpha value is -0.290. The van der Waals surface area contributed by atoms with Gasteiger partial charge in [0.1, 0.15) is 0 Å². The Bertz CT molecular complexity index is 251. The van der Waals surface area contributed by atoms with E-state index in [0.717, 1.165) is 19.8 Å². The SMILES string of the molecule is CCC1(CC)C(NC)CC1OC(C)C(F)(F)F. The zero-order valence-corrected chi connectivity index (χ0v) is 10.9. The molecule has 0 aliphatic heterocycles. The number of hydrogen-bond donors (Lipinski definition) is 1. The van der Waals surface area contributed by atoms with Gasteiger partial charge in [-0.2, -0.15) is 13.2 Å². The Balaban J connectivity index is 2.67. The molecule has 0 spiro atoms. The van der Waals surface area contributed by atoms with Crippen LogP contribution in [0.25, 0.3) is 0 Å². The highest BCUT2D eigenvalue weighted by Crippen LogP contribution is 2.49. The Labute approximate surface area is 101 Å². The van der Waals surface area contributed by atoms with E-state index in [0.29, 0.717) is 6.42 Å². The maximum Gasteiger partial charge on any atom is 0.414 e. The van der Waals surface area contributed by atoms with Crippen molar-refractivity contribution in [1.29, 1.82) is 0 Å². The van der Waals surface area contributed by atoms with Gasteiger partial charge in [-0.3, -0.25) is 0 Å². The first kappa shape index (κ1) is 14.8. The van der Waals surface area contributed by atoms with Crippen LogP contribution in [0.15, 0.2) is 0 Å². The van der Waals surface area contributed by atoms with Gasteiger partial charge in [-0.1, -0.05) is 13.8 Å². The van der Waals surface area contributed by atoms with Crippen LogP contribution in [0.3, 0.4) is 0 Å². The number of nitrogens with one attached hydrogen (secondary N) is 1. The van der Waals surface area contributed by atoms with Crippen LogP contribution in [0.4, 0.5) is 13.2 Å². The lowest BCUT2D eigenvalue weighted by Gasteiger charge is -2.56. The van der Waals surface area contributed by atoms with Gasteiger partial charge >= 0.3 is 6.18 Å². The van der Waals surface area contributed by atoms with Crippen LogP contribution in [0.1, 0.15) is 40.0 Å². The fraction of sp³-hybridized carbons (Fsp3) is 1.00. The molecule has 0 aromatic carbocycles. The quantitative estimate of drug-likeness (QED) is 0.812. The number of alkyl halides is 3. The molecule has 5 heteroatoms. The summed E-state index contributed by atoms with van der Waals surface area (Å²) in [6, 6.07) is 0.267. The molecular weight excluding hydrogens is 231 g/mol. The monoisotopic (exact) mass is 253 g/mol. The van der Waals surface area contributed by atoms with Crippen molar-refractivity contribution in [2.45, 2.75) is 64.5 Å². The van der Waals surface area contributed by atoms with Crippen LogP contribution < -0.4 is 5.32 Å². The summed E-state index contributed by atoms with van der Waals surface area (Å²) >= 11 is 0. The first-order valence-corrected chi connectivity index (χ1v) is 6.21. The summed E-state index contributed by atoms with van der Waals surface area (Å²) in [7, 11) is 1.86. The Morgan fingerprint density at radius 3 is 2.24 bits per heavy atom. The number of halogens is 3. The molecule has 0 saturated heterocycles. The maximum absolute atomic E-state index is 12.5. The van der Waals surface area contributed by atoms with Gasteiger partial charge in [0, 0.05) is 11.5 Å². The van der Waals surface area contributed by atoms with Crippen LogP contribution in [-0.4, -0.2) is 31.5 Å². The van der Waals surface area contributed by atoms with E-state index in [1.165, 1.54) is 0 Å². The van der Waals surface area contributed by atoms with E-state index in [9.17, 15) is 13.2 Å². The highest BCUT2D eigenvalue weighted by Gasteiger charge is 2.54. The summed E-state index contributed by atoms with van der Waals surface area (Å²) in [5.74, 6) is 0. The van der Waals surface area contributed by atoms with Crippen LogP contribution in [0, 0.1) is 5.41 Å². The Morgan fingerprint density at radius 1 is 1.35 bits per heavy atom. The second-order valence-electron chi connectivity index (χ2n) is 4.83. The summed E-state index contributed by atoms with van der Waals surface area (Å²) in [5.41, 5.74) is -0.145. The largest absolute Gasteiger partial charge is 0.414 e. The van der Waals surface area contributed by atoms with Crippen molar-refractivity contribution in [3.8, 4) is 0 Å². The molecule has 1 aliphatic carbocycles. The lowest BCUT2D eigenvalue weighted by molar-refractivity contribution is -0.261. The molecule has 102 valence electrons. The molecule has 1 N–H and O–H groups in total. The third-order valence-corrected chi connectivity index (χ3v) is 4.28. The minimum Gasteiger partial charge on any atom is -0.365 e. The molecule has 0 heterocycles. The van der Waals surface area contributed by atoms with Crippen molar-refractivity contribution in [3.63, 3.8) is 0 Å². The third kappa shape index (κ3) is 2.60. The lowest BCUT2D eigenvalue weighted by atomic mass is 9.58. The van der Waals surface area contributed by atoms with Crippen LogP contribution >= 0.6 is 0 Å². The van der Waals surface area contributed by atoms with Crippen LogP contribution in [0.2, 0.25) is 0 Å². The average molecular weight is 253 g/mol. The zero-order valence-electron chi connectivity index (χ0n) is 10.9. The topological polar surface area (TPSA) is 21.3 Å². The standard InChI is InChI=1S/C12H22F3NO/c1-5-11(6-2)9(16-4)7-10(11)17-8(3)12(13,14)15/h8-10,16H,5-7H2,1-4H3. The predicted octanol–water partition coefficient (Wildman–Crippen LogP) is 3.12. The minimum absolute atomic E-state index is 0.145. The van der Waals surface area contributed by atoms with E-state index in [-0.39, 0.29) is 17.6 Å². The molecule has 3 unspecified atom stereocenters. The van der Waals surface area contributed by atoms with Crippen molar-refractivity contribution in [2.75, 3.05) is 7.05 Å². The molecule has 3 atom stereocenters. The summed E-state index contributed by atoms with van der Waals surface area (Å²) < 4.78 is 42.6. The summed E-state index contributed by atoms with van der Waals surface area (Å²) in [6.07, 6.45) is -3.89. The van der Waals surface area contributed by atoms with Gasteiger partial charge in [0.15, 0.2) is 6.10 Å². The highest BCUT2D eigenvalue weighted by atomic mass is 19.4. The molecule has 0 amide bonds. The Morgan fingerprint density at radius 2 is 1.88 bits per heavy atom. The van der Waals surface area contributed by atoms with Crippen molar-refractivity contribution in [3.05, 3.63) is 0 Å². The van der Waals surface area contributed by atoms with Gasteiger partial charge in [-0.15, -0.1) is 0 Å². The second-order valence-corrected chi connectivity index (χ2v) is 4.83. The molecule has 17 heavy (non-hydrogen) atoms. The fourth-order valence-corrected chi connectivity index (χ4v) is 2.87. The van der Waals surface area contributed by atoms with Gasteiger partial charge in [0.05, 0.1) is 6.10 Å². The molecule has 1 fully saturated rings. The summed E-state index contributed by atoms with van der Waals surface area (Å²) in [4.78, 5) is 0. The van der Waals surface area contributed by atoms with Gasteiger partial charge in [0.2, 0.25) is 0 Å². The van der Waals surface area contributed by atoms with E-state index < -0.39 is 12.3 Å². The third-order valence-electron chi connectivity index (χ3n) is 4.28. The summed E-state index contributed by atoms with van der Waals surface area (Å²) in [6.45, 7) is 5.12. The molecular formula is C12H22F3NO. The van der Waals surface area contributed by atoms with E-state index >= 15 is 0 Å². The Kier molecular flexibility index (Phi) is 4.47. The van der Waals surface area contributed by atoms with Crippen LogP contribution in [-0.2, 0) is 4.74 Å². The predicted molar refractivity (Wildman–Crippen MR) is 60.9 cm³/mol. The number of hydrogen-bond acceptors (Lipinski definition) is 2. The van der Waals surface area contributed by atoms with Crippen molar-refractivity contribution in [2.24, 2.45) is 5.41 Å². The zero-order chi connectivity index (χ0) is 13.3. The molecule has 1 saturated carbocycles. The molecule has 0 bridgehead atoms. The number of ether oxygens (including phenoxy) is 1. The normalized spacial score (nSPS) is 29.8. The smallest absolute Gasteiger partial charge is 0.365 e. The van der Waals surface area contributed by atoms with Crippen molar-refractivity contribution < 1.29 is 17.9 Å². The lowest BCUT2D eigenvalue weighted by Crippen LogP contribution is -2.63.